The summed E-state index contributed by atoms with van der Waals surface area (Å²) in [7, 11) is 0. The molecule has 2 fully saturated rings. The third-order valence-electron chi connectivity index (χ3n) is 6.01. The number of aliphatic hydroxyl groups excluding tert-OH is 1. The van der Waals surface area contributed by atoms with Crippen LogP contribution in [0.2, 0.25) is 5.02 Å². The summed E-state index contributed by atoms with van der Waals surface area (Å²) < 4.78 is 30.2. The molecule has 1 saturated carbocycles. The van der Waals surface area contributed by atoms with Gasteiger partial charge in [-0.3, -0.25) is 9.89 Å². The molecule has 146 valence electrons. The molecule has 1 aliphatic heterocycles. The van der Waals surface area contributed by atoms with E-state index in [4.69, 9.17) is 11.6 Å². The van der Waals surface area contributed by atoms with Gasteiger partial charge in [0.25, 0.3) is 5.92 Å². The zero-order chi connectivity index (χ0) is 19.2. The fourth-order valence-electron chi connectivity index (χ4n) is 4.09. The van der Waals surface area contributed by atoms with E-state index < -0.39 is 17.9 Å². The van der Waals surface area contributed by atoms with Gasteiger partial charge in [0.1, 0.15) is 6.10 Å². The van der Waals surface area contributed by atoms with Gasteiger partial charge in [-0.2, -0.15) is 5.10 Å². The van der Waals surface area contributed by atoms with Crippen LogP contribution in [-0.2, 0) is 4.79 Å². The van der Waals surface area contributed by atoms with Crippen LogP contribution in [0, 0.1) is 11.8 Å². The average molecular weight is 398 g/mol. The number of H-pyrrole nitrogens is 1. The maximum atomic E-state index is 15.1. The van der Waals surface area contributed by atoms with Gasteiger partial charge in [-0.15, -0.1) is 0 Å². The van der Waals surface area contributed by atoms with Crippen molar-refractivity contribution >= 4 is 28.4 Å². The predicted molar refractivity (Wildman–Crippen MR) is 97.7 cm³/mol. The fourth-order valence-corrected chi connectivity index (χ4v) is 4.33. The van der Waals surface area contributed by atoms with E-state index in [2.05, 4.69) is 10.2 Å². The quantitative estimate of drug-likeness (QED) is 0.821. The topological polar surface area (TPSA) is 69.2 Å². The Labute approximate surface area is 160 Å². The van der Waals surface area contributed by atoms with E-state index in [-0.39, 0.29) is 35.3 Å². The minimum Gasteiger partial charge on any atom is -0.382 e. The Morgan fingerprint density at radius 1 is 1.30 bits per heavy atom. The predicted octanol–water partition coefficient (Wildman–Crippen LogP) is 3.92. The first-order chi connectivity index (χ1) is 12.9. The molecule has 1 amide bonds. The number of halogens is 3. The number of benzene rings is 1. The lowest BCUT2D eigenvalue weighted by Crippen LogP contribution is -2.47. The Morgan fingerprint density at radius 3 is 2.63 bits per heavy atom. The van der Waals surface area contributed by atoms with Crippen molar-refractivity contribution in [1.82, 2.24) is 15.1 Å². The Kier molecular flexibility index (Phi) is 4.84. The second kappa shape index (κ2) is 7.02. The van der Waals surface area contributed by atoms with Crippen LogP contribution in [0.5, 0.6) is 0 Å². The molecule has 2 aliphatic rings. The van der Waals surface area contributed by atoms with E-state index in [9.17, 15) is 9.90 Å². The lowest BCUT2D eigenvalue weighted by molar-refractivity contribution is -0.165. The lowest BCUT2D eigenvalue weighted by Gasteiger charge is -2.40. The largest absolute Gasteiger partial charge is 0.382 e. The number of alkyl halides is 2. The van der Waals surface area contributed by atoms with Crippen molar-refractivity contribution in [2.24, 2.45) is 11.8 Å². The molecular weight excluding hydrogens is 376 g/mol. The highest BCUT2D eigenvalue weighted by atomic mass is 35.5. The van der Waals surface area contributed by atoms with Crippen LogP contribution < -0.4 is 0 Å². The van der Waals surface area contributed by atoms with E-state index in [1.165, 1.54) is 12.3 Å². The van der Waals surface area contributed by atoms with Crippen molar-refractivity contribution in [2.75, 3.05) is 13.1 Å². The number of fused-ring (bicyclic) bond motifs is 1. The highest BCUT2D eigenvalue weighted by Gasteiger charge is 2.49. The number of nitrogens with zero attached hydrogens (tertiary/aromatic N) is 2. The lowest BCUT2D eigenvalue weighted by atomic mass is 9.82. The number of likely N-dealkylation sites (tertiary alicyclic amines) is 1. The van der Waals surface area contributed by atoms with Crippen molar-refractivity contribution in [3.8, 4) is 0 Å². The van der Waals surface area contributed by atoms with E-state index >= 15 is 8.78 Å². The van der Waals surface area contributed by atoms with Gasteiger partial charge in [0.15, 0.2) is 0 Å². The van der Waals surface area contributed by atoms with Crippen LogP contribution in [0.25, 0.3) is 10.9 Å². The number of carbonyl (C=O) groups is 1. The van der Waals surface area contributed by atoms with Crippen molar-refractivity contribution in [3.05, 3.63) is 28.9 Å². The molecule has 1 unspecified atom stereocenters. The summed E-state index contributed by atoms with van der Waals surface area (Å²) in [5.41, 5.74) is 0.414. The third-order valence-corrected chi connectivity index (χ3v) is 6.23. The van der Waals surface area contributed by atoms with Crippen molar-refractivity contribution in [2.45, 2.75) is 44.1 Å². The van der Waals surface area contributed by atoms with Crippen LogP contribution in [0.1, 0.15) is 43.8 Å². The zero-order valence-corrected chi connectivity index (χ0v) is 15.6. The number of hydrogen-bond donors (Lipinski definition) is 2. The van der Waals surface area contributed by atoms with Crippen LogP contribution in [0.4, 0.5) is 8.78 Å². The van der Waals surface area contributed by atoms with Crippen molar-refractivity contribution in [3.63, 3.8) is 0 Å². The van der Waals surface area contributed by atoms with Gasteiger partial charge >= 0.3 is 0 Å². The van der Waals surface area contributed by atoms with E-state index in [0.717, 1.165) is 19.3 Å². The number of aromatic amines is 1. The molecule has 1 atom stereocenters. The third kappa shape index (κ3) is 3.31. The number of piperidine rings is 1. The van der Waals surface area contributed by atoms with Crippen LogP contribution in [0.3, 0.4) is 0 Å². The molecule has 1 saturated heterocycles. The van der Waals surface area contributed by atoms with Gasteiger partial charge < -0.3 is 10.0 Å². The van der Waals surface area contributed by atoms with E-state index in [1.807, 2.05) is 0 Å². The van der Waals surface area contributed by atoms with Crippen LogP contribution >= 0.6 is 11.6 Å². The van der Waals surface area contributed by atoms with Gasteiger partial charge in [-0.25, -0.2) is 8.78 Å². The molecule has 1 aliphatic carbocycles. The highest BCUT2D eigenvalue weighted by molar-refractivity contribution is 6.31. The Hall–Kier alpha value is -1.73. The van der Waals surface area contributed by atoms with Crippen molar-refractivity contribution in [1.29, 1.82) is 0 Å². The molecule has 0 radical (unpaired) electrons. The number of hydrogen-bond acceptors (Lipinski definition) is 3. The van der Waals surface area contributed by atoms with Gasteiger partial charge in [0, 0.05) is 40.9 Å². The highest BCUT2D eigenvalue weighted by Crippen LogP contribution is 2.44. The number of aliphatic hydroxyl groups is 1. The maximum absolute atomic E-state index is 15.1. The second-order valence-corrected chi connectivity index (χ2v) is 8.07. The molecule has 2 N–H and O–H groups in total. The summed E-state index contributed by atoms with van der Waals surface area (Å²) in [5, 5.41) is 17.9. The molecule has 1 aromatic heterocycles. The summed E-state index contributed by atoms with van der Waals surface area (Å²) in [6.07, 6.45) is 2.73. The fraction of sp³-hybridized carbons (Fsp3) is 0.579. The molecule has 8 heteroatoms. The smallest absolute Gasteiger partial charge is 0.280 e. The summed E-state index contributed by atoms with van der Waals surface area (Å²) in [5.74, 6) is -4.14. The summed E-state index contributed by atoms with van der Waals surface area (Å²) in [6, 6.07) is 2.97. The molecule has 0 bridgehead atoms. The standard InChI is InChI=1S/C19H22ClF2N3O2/c20-14-8-12-10-23-24-16(12)15(9-14)17(26)19(21,22)13-4-6-25(7-5-13)18(27)11-2-1-3-11/h8-11,13,17,26H,1-7H2,(H,23,24). The van der Waals surface area contributed by atoms with Crippen LogP contribution in [-0.4, -0.2) is 45.1 Å². The van der Waals surface area contributed by atoms with Gasteiger partial charge in [-0.1, -0.05) is 18.0 Å². The normalized spacial score (nSPS) is 20.7. The second-order valence-electron chi connectivity index (χ2n) is 7.63. The van der Waals surface area contributed by atoms with E-state index in [0.29, 0.717) is 24.0 Å². The molecule has 5 nitrogen and oxygen atoms in total. The minimum atomic E-state index is -3.33. The number of rotatable bonds is 4. The molecule has 2 heterocycles. The zero-order valence-electron chi connectivity index (χ0n) is 14.8. The maximum Gasteiger partial charge on any atom is 0.280 e. The Balaban J connectivity index is 1.49. The van der Waals surface area contributed by atoms with Crippen molar-refractivity contribution < 1.29 is 18.7 Å². The first-order valence-corrected chi connectivity index (χ1v) is 9.73. The SMILES string of the molecule is O=C(C1CCC1)N1CCC(C(F)(F)C(O)c2cc(Cl)cc3cn[nH]c23)CC1. The Bertz CT molecular complexity index is 845. The van der Waals surface area contributed by atoms with Gasteiger partial charge in [0.2, 0.25) is 5.91 Å². The van der Waals surface area contributed by atoms with Gasteiger partial charge in [0.05, 0.1) is 11.7 Å². The first-order valence-electron chi connectivity index (χ1n) is 9.35. The number of carbonyl (C=O) groups excluding carboxylic acids is 1. The minimum absolute atomic E-state index is 0.0490. The summed E-state index contributed by atoms with van der Waals surface area (Å²) in [4.78, 5) is 14.0. The van der Waals surface area contributed by atoms with Gasteiger partial charge in [-0.05, 0) is 37.8 Å². The number of aromatic nitrogens is 2. The van der Waals surface area contributed by atoms with E-state index in [1.54, 1.807) is 11.0 Å². The van der Waals surface area contributed by atoms with Crippen LogP contribution in [0.15, 0.2) is 18.3 Å². The molecule has 27 heavy (non-hydrogen) atoms. The molecule has 1 aromatic carbocycles. The average Bonchev–Trinajstić information content (AvgIpc) is 3.07. The summed E-state index contributed by atoms with van der Waals surface area (Å²) >= 11 is 6.02. The number of amides is 1. The molecule has 2 aromatic rings. The monoisotopic (exact) mass is 397 g/mol. The molecule has 0 spiro atoms. The molecular formula is C19H22ClF2N3O2. The Morgan fingerprint density at radius 2 is 2.00 bits per heavy atom. The summed E-state index contributed by atoms with van der Waals surface area (Å²) in [6.45, 7) is 0.634. The first kappa shape index (κ1) is 18.6. The molecule has 4 rings (SSSR count). The number of nitrogens with one attached hydrogen (secondary N) is 1.